The van der Waals surface area contributed by atoms with Gasteiger partial charge >= 0.3 is 6.03 Å². The fourth-order valence-corrected chi connectivity index (χ4v) is 4.16. The minimum Gasteiger partial charge on any atom is -0.356 e. The van der Waals surface area contributed by atoms with E-state index in [9.17, 15) is 14.4 Å². The highest BCUT2D eigenvalue weighted by Gasteiger charge is 2.40. The maximum absolute atomic E-state index is 12.8. The van der Waals surface area contributed by atoms with Crippen LogP contribution in [0.25, 0.3) is 10.8 Å². The number of hydrogen-bond donors (Lipinski definition) is 2. The van der Waals surface area contributed by atoms with E-state index in [2.05, 4.69) is 15.6 Å². The number of thiazole rings is 1. The predicted molar refractivity (Wildman–Crippen MR) is 112 cm³/mol. The average molecular weight is 408 g/mol. The smallest absolute Gasteiger partial charge is 0.329 e. The molecule has 0 aliphatic carbocycles. The number of carbonyl (C=O) groups excluding carboxylic acids is 3. The van der Waals surface area contributed by atoms with Crippen molar-refractivity contribution >= 4 is 45.6 Å². The van der Waals surface area contributed by atoms with Crippen LogP contribution in [0, 0.1) is 6.92 Å². The third-order valence-electron chi connectivity index (χ3n) is 4.74. The molecule has 1 atom stereocenters. The summed E-state index contributed by atoms with van der Waals surface area (Å²) >= 11 is 1.55. The van der Waals surface area contributed by atoms with Gasteiger partial charge in [0.25, 0.3) is 5.91 Å². The molecule has 1 unspecified atom stereocenters. The van der Waals surface area contributed by atoms with Crippen molar-refractivity contribution in [3.8, 4) is 0 Å². The molecule has 4 amide bonds. The predicted octanol–water partition coefficient (Wildman–Crippen LogP) is 2.78. The molecule has 1 saturated heterocycles. The monoisotopic (exact) mass is 408 g/mol. The molecular formula is C21H20N4O3S. The van der Waals surface area contributed by atoms with Gasteiger partial charge in [-0.15, -0.1) is 11.3 Å². The lowest BCUT2D eigenvalue weighted by atomic mass is 10.1. The summed E-state index contributed by atoms with van der Waals surface area (Å²) in [4.78, 5) is 43.1. The van der Waals surface area contributed by atoms with E-state index in [0.717, 1.165) is 26.4 Å². The van der Waals surface area contributed by atoms with Gasteiger partial charge in [0.2, 0.25) is 5.91 Å². The molecule has 1 aliphatic rings. The van der Waals surface area contributed by atoms with E-state index in [4.69, 9.17) is 0 Å². The lowest BCUT2D eigenvalue weighted by Crippen LogP contribution is -2.37. The number of carbonyl (C=O) groups is 3. The number of hydrogen-bond acceptors (Lipinski definition) is 5. The summed E-state index contributed by atoms with van der Waals surface area (Å²) in [6.07, 6.45) is 0.542. The van der Waals surface area contributed by atoms with Gasteiger partial charge in [0.15, 0.2) is 0 Å². The topological polar surface area (TPSA) is 91.4 Å². The van der Waals surface area contributed by atoms with E-state index in [-0.39, 0.29) is 12.3 Å². The first kappa shape index (κ1) is 19.1. The van der Waals surface area contributed by atoms with Crippen LogP contribution < -0.4 is 15.5 Å². The van der Waals surface area contributed by atoms with Gasteiger partial charge in [0.1, 0.15) is 6.04 Å². The van der Waals surface area contributed by atoms with E-state index >= 15 is 0 Å². The first-order chi connectivity index (χ1) is 14.0. The number of urea groups is 1. The first-order valence-corrected chi connectivity index (χ1v) is 10.2. The molecule has 0 bridgehead atoms. The fraction of sp³-hybridized carbons (Fsp3) is 0.238. The number of nitrogens with one attached hydrogen (secondary N) is 2. The number of aryl methyl sites for hydroxylation is 1. The minimum atomic E-state index is -0.872. The SMILES string of the molecule is Cc1csc(CCNC(=O)CC2NC(=O)N(c3cccc4ccccc34)C2=O)n1. The molecule has 1 fully saturated rings. The summed E-state index contributed by atoms with van der Waals surface area (Å²) in [5, 5.41) is 10.1. The second kappa shape index (κ2) is 8.00. The Bertz CT molecular complexity index is 1090. The number of amides is 4. The van der Waals surface area contributed by atoms with Gasteiger partial charge in [-0.1, -0.05) is 36.4 Å². The van der Waals surface area contributed by atoms with Crippen LogP contribution in [0.2, 0.25) is 0 Å². The van der Waals surface area contributed by atoms with E-state index in [1.165, 1.54) is 0 Å². The Hall–Kier alpha value is -3.26. The van der Waals surface area contributed by atoms with Crippen LogP contribution in [0.15, 0.2) is 47.8 Å². The zero-order valence-corrected chi connectivity index (χ0v) is 16.7. The molecule has 29 heavy (non-hydrogen) atoms. The lowest BCUT2D eigenvalue weighted by Gasteiger charge is -2.15. The highest BCUT2D eigenvalue weighted by molar-refractivity contribution is 7.09. The van der Waals surface area contributed by atoms with E-state index in [0.29, 0.717) is 18.7 Å². The third-order valence-corrected chi connectivity index (χ3v) is 5.77. The summed E-state index contributed by atoms with van der Waals surface area (Å²) in [6.45, 7) is 2.36. The van der Waals surface area contributed by atoms with Crippen molar-refractivity contribution in [1.82, 2.24) is 15.6 Å². The number of benzene rings is 2. The number of fused-ring (bicyclic) bond motifs is 1. The van der Waals surface area contributed by atoms with Crippen molar-refractivity contribution in [2.75, 3.05) is 11.4 Å². The van der Waals surface area contributed by atoms with E-state index in [1.54, 1.807) is 23.5 Å². The summed E-state index contributed by atoms with van der Waals surface area (Å²) in [5.74, 6) is -0.700. The van der Waals surface area contributed by atoms with Crippen LogP contribution in [0.1, 0.15) is 17.1 Å². The van der Waals surface area contributed by atoms with E-state index in [1.807, 2.05) is 42.6 Å². The molecule has 1 aromatic heterocycles. The Morgan fingerprint density at radius 1 is 1.21 bits per heavy atom. The van der Waals surface area contributed by atoms with Gasteiger partial charge in [-0.25, -0.2) is 14.7 Å². The van der Waals surface area contributed by atoms with E-state index < -0.39 is 18.0 Å². The van der Waals surface area contributed by atoms with Gasteiger partial charge in [0, 0.05) is 29.4 Å². The van der Waals surface area contributed by atoms with Crippen LogP contribution in [0.5, 0.6) is 0 Å². The Labute approximate surface area is 171 Å². The number of rotatable bonds is 6. The standard InChI is InChI=1S/C21H20N4O3S/c1-13-12-29-19(23-13)9-10-22-18(26)11-16-20(27)25(21(28)24-16)17-8-4-6-14-5-2-3-7-15(14)17/h2-8,12,16H,9-11H2,1H3,(H,22,26)(H,24,28). The number of anilines is 1. The van der Waals surface area contributed by atoms with Crippen LogP contribution in [0.4, 0.5) is 10.5 Å². The second-order valence-corrected chi connectivity index (χ2v) is 7.80. The molecule has 3 aromatic rings. The zero-order chi connectivity index (χ0) is 20.4. The number of nitrogens with zero attached hydrogens (tertiary/aromatic N) is 2. The van der Waals surface area contributed by atoms with Crippen molar-refractivity contribution in [1.29, 1.82) is 0 Å². The van der Waals surface area contributed by atoms with Crippen LogP contribution in [0.3, 0.4) is 0 Å². The Kier molecular flexibility index (Phi) is 5.26. The Balaban J connectivity index is 1.40. The van der Waals surface area contributed by atoms with Crippen molar-refractivity contribution in [2.24, 2.45) is 0 Å². The van der Waals surface area contributed by atoms with Crippen molar-refractivity contribution in [3.05, 3.63) is 58.5 Å². The van der Waals surface area contributed by atoms with Gasteiger partial charge in [-0.3, -0.25) is 9.59 Å². The molecule has 2 aromatic carbocycles. The first-order valence-electron chi connectivity index (χ1n) is 9.33. The highest BCUT2D eigenvalue weighted by atomic mass is 32.1. The molecule has 1 aliphatic heterocycles. The summed E-state index contributed by atoms with van der Waals surface area (Å²) in [6, 6.07) is 11.6. The van der Waals surface area contributed by atoms with Crippen molar-refractivity contribution in [2.45, 2.75) is 25.8 Å². The molecule has 7 nitrogen and oxygen atoms in total. The average Bonchev–Trinajstić information content (AvgIpc) is 3.24. The maximum Gasteiger partial charge on any atom is 0.329 e. The fourth-order valence-electron chi connectivity index (χ4n) is 3.38. The Morgan fingerprint density at radius 3 is 2.79 bits per heavy atom. The largest absolute Gasteiger partial charge is 0.356 e. The quantitative estimate of drug-likeness (QED) is 0.614. The van der Waals surface area contributed by atoms with Gasteiger partial charge in [-0.2, -0.15) is 0 Å². The minimum absolute atomic E-state index is 0.0945. The van der Waals surface area contributed by atoms with Gasteiger partial charge < -0.3 is 10.6 Å². The third kappa shape index (κ3) is 3.97. The zero-order valence-electron chi connectivity index (χ0n) is 15.8. The van der Waals surface area contributed by atoms with Crippen molar-refractivity contribution < 1.29 is 14.4 Å². The second-order valence-electron chi connectivity index (χ2n) is 6.86. The molecule has 0 radical (unpaired) electrons. The van der Waals surface area contributed by atoms with Gasteiger partial charge in [-0.05, 0) is 18.4 Å². The summed E-state index contributed by atoms with van der Waals surface area (Å²) in [7, 11) is 0. The van der Waals surface area contributed by atoms with Crippen molar-refractivity contribution in [3.63, 3.8) is 0 Å². The molecule has 4 rings (SSSR count). The van der Waals surface area contributed by atoms with Crippen LogP contribution in [-0.2, 0) is 16.0 Å². The molecule has 148 valence electrons. The number of aromatic nitrogens is 1. The normalized spacial score (nSPS) is 16.3. The molecule has 2 N–H and O–H groups in total. The van der Waals surface area contributed by atoms with Crippen LogP contribution in [-0.4, -0.2) is 35.4 Å². The lowest BCUT2D eigenvalue weighted by molar-refractivity contribution is -0.125. The number of imide groups is 1. The maximum atomic E-state index is 12.8. The summed E-state index contributed by atoms with van der Waals surface area (Å²) in [5.41, 5.74) is 1.48. The summed E-state index contributed by atoms with van der Waals surface area (Å²) < 4.78 is 0. The van der Waals surface area contributed by atoms with Gasteiger partial charge in [0.05, 0.1) is 17.1 Å². The Morgan fingerprint density at radius 2 is 2.00 bits per heavy atom. The molecule has 2 heterocycles. The highest BCUT2D eigenvalue weighted by Crippen LogP contribution is 2.29. The molecular weight excluding hydrogens is 388 g/mol. The van der Waals surface area contributed by atoms with Crippen LogP contribution >= 0.6 is 11.3 Å². The molecule has 0 spiro atoms. The molecule has 8 heteroatoms. The molecule has 0 saturated carbocycles.